The molecule has 2 unspecified atom stereocenters. The number of aliphatic hydroxyl groups excluding tert-OH is 2. The SMILES string of the molecule is COC(O)C(NC(=O)c1ccc(Cl)cc1)[C@H]1[C@@H]2C[C@H](O)C[C@@H]21. The smallest absolute Gasteiger partial charge is 0.251 e. The van der Waals surface area contributed by atoms with Crippen LogP contribution in [-0.2, 0) is 4.74 Å². The van der Waals surface area contributed by atoms with Gasteiger partial charge in [-0.3, -0.25) is 4.79 Å². The fourth-order valence-corrected chi connectivity index (χ4v) is 3.86. The lowest BCUT2D eigenvalue weighted by Crippen LogP contribution is -2.47. The summed E-state index contributed by atoms with van der Waals surface area (Å²) in [6, 6.07) is 6.13. The molecule has 120 valence electrons. The summed E-state index contributed by atoms with van der Waals surface area (Å²) in [6.07, 6.45) is 0.167. The van der Waals surface area contributed by atoms with E-state index in [1.165, 1.54) is 7.11 Å². The average Bonchev–Trinajstić information content (AvgIpc) is 3.00. The Balaban J connectivity index is 1.69. The predicted octanol–water partition coefficient (Wildman–Crippen LogP) is 1.42. The molecule has 6 heteroatoms. The van der Waals surface area contributed by atoms with Gasteiger partial charge in [0, 0.05) is 17.7 Å². The maximum absolute atomic E-state index is 12.3. The molecule has 0 aliphatic heterocycles. The minimum Gasteiger partial charge on any atom is -0.393 e. The number of hydrogen-bond acceptors (Lipinski definition) is 4. The third kappa shape index (κ3) is 2.99. The summed E-state index contributed by atoms with van der Waals surface area (Å²) < 4.78 is 5.02. The molecule has 1 aromatic carbocycles. The van der Waals surface area contributed by atoms with E-state index in [0.29, 0.717) is 22.4 Å². The summed E-state index contributed by atoms with van der Waals surface area (Å²) in [4.78, 5) is 12.3. The van der Waals surface area contributed by atoms with Crippen molar-refractivity contribution in [3.05, 3.63) is 34.9 Å². The molecule has 1 amide bonds. The first-order valence-electron chi connectivity index (χ1n) is 7.46. The number of fused-ring (bicyclic) bond motifs is 1. The minimum atomic E-state index is -1.05. The number of benzene rings is 1. The first-order valence-corrected chi connectivity index (χ1v) is 7.84. The number of ether oxygens (including phenoxy) is 1. The second-order valence-corrected chi connectivity index (χ2v) is 6.60. The Bertz CT molecular complexity index is 538. The van der Waals surface area contributed by atoms with Gasteiger partial charge >= 0.3 is 0 Å². The van der Waals surface area contributed by atoms with Crippen molar-refractivity contribution >= 4 is 17.5 Å². The van der Waals surface area contributed by atoms with Gasteiger partial charge in [0.1, 0.15) is 0 Å². The van der Waals surface area contributed by atoms with Crippen molar-refractivity contribution in [3.63, 3.8) is 0 Å². The quantitative estimate of drug-likeness (QED) is 0.715. The molecule has 6 atom stereocenters. The number of halogens is 1. The van der Waals surface area contributed by atoms with Crippen molar-refractivity contribution in [1.29, 1.82) is 0 Å². The number of aliphatic hydroxyl groups is 2. The summed E-state index contributed by atoms with van der Waals surface area (Å²) in [7, 11) is 1.42. The van der Waals surface area contributed by atoms with Crippen LogP contribution < -0.4 is 5.32 Å². The lowest BCUT2D eigenvalue weighted by Gasteiger charge is -2.25. The standard InChI is InChI=1S/C16H20ClNO4/c1-22-16(21)14(13-11-6-10(19)7-12(11)13)18-15(20)8-2-4-9(17)5-3-8/h2-5,10-14,16,19,21H,6-7H2,1H3,(H,18,20)/t10-,11+,12-,13-,14?,16?. The molecule has 0 aromatic heterocycles. The Morgan fingerprint density at radius 2 is 1.91 bits per heavy atom. The molecule has 2 fully saturated rings. The van der Waals surface area contributed by atoms with E-state index in [2.05, 4.69) is 5.32 Å². The molecule has 0 spiro atoms. The highest BCUT2D eigenvalue weighted by atomic mass is 35.5. The van der Waals surface area contributed by atoms with Gasteiger partial charge < -0.3 is 20.3 Å². The molecular weight excluding hydrogens is 306 g/mol. The number of nitrogens with one attached hydrogen (secondary N) is 1. The van der Waals surface area contributed by atoms with Gasteiger partial charge in [0.25, 0.3) is 5.91 Å². The second-order valence-electron chi connectivity index (χ2n) is 6.16. The zero-order valence-electron chi connectivity index (χ0n) is 12.3. The Hall–Kier alpha value is -1.14. The van der Waals surface area contributed by atoms with Crippen LogP contribution in [0, 0.1) is 17.8 Å². The van der Waals surface area contributed by atoms with Crippen LogP contribution in [0.2, 0.25) is 5.02 Å². The number of carbonyl (C=O) groups excluding carboxylic acids is 1. The summed E-state index contributed by atoms with van der Waals surface area (Å²) in [5.41, 5.74) is 0.489. The molecule has 22 heavy (non-hydrogen) atoms. The van der Waals surface area contributed by atoms with Crippen molar-refractivity contribution < 1.29 is 19.7 Å². The predicted molar refractivity (Wildman–Crippen MR) is 81.4 cm³/mol. The molecule has 0 heterocycles. The molecule has 2 saturated carbocycles. The molecule has 2 aliphatic rings. The summed E-state index contributed by atoms with van der Waals surface area (Å²) in [5.74, 6) is 0.614. The first-order chi connectivity index (χ1) is 10.5. The van der Waals surface area contributed by atoms with Crippen LogP contribution in [0.4, 0.5) is 0 Å². The van der Waals surface area contributed by atoms with Crippen LogP contribution in [0.5, 0.6) is 0 Å². The Kier molecular flexibility index (Phi) is 4.41. The van der Waals surface area contributed by atoms with Crippen molar-refractivity contribution in [2.75, 3.05) is 7.11 Å². The van der Waals surface area contributed by atoms with E-state index in [4.69, 9.17) is 16.3 Å². The number of amides is 1. The fourth-order valence-electron chi connectivity index (χ4n) is 3.74. The van der Waals surface area contributed by atoms with Crippen LogP contribution in [0.15, 0.2) is 24.3 Å². The van der Waals surface area contributed by atoms with Crippen LogP contribution >= 0.6 is 11.6 Å². The molecule has 0 bridgehead atoms. The summed E-state index contributed by atoms with van der Waals surface area (Å²) in [6.45, 7) is 0. The van der Waals surface area contributed by atoms with E-state index in [9.17, 15) is 15.0 Å². The lowest BCUT2D eigenvalue weighted by molar-refractivity contribution is -0.102. The maximum Gasteiger partial charge on any atom is 0.251 e. The van der Waals surface area contributed by atoms with Crippen LogP contribution in [0.1, 0.15) is 23.2 Å². The normalized spacial score (nSPS) is 32.2. The van der Waals surface area contributed by atoms with Gasteiger partial charge in [-0.1, -0.05) is 11.6 Å². The van der Waals surface area contributed by atoms with Gasteiger partial charge in [-0.05, 0) is 54.9 Å². The number of methoxy groups -OCH3 is 1. The van der Waals surface area contributed by atoms with E-state index in [1.807, 2.05) is 0 Å². The summed E-state index contributed by atoms with van der Waals surface area (Å²) >= 11 is 5.82. The van der Waals surface area contributed by atoms with Crippen molar-refractivity contribution in [2.45, 2.75) is 31.3 Å². The van der Waals surface area contributed by atoms with Crippen LogP contribution in [0.25, 0.3) is 0 Å². The highest BCUT2D eigenvalue weighted by Crippen LogP contribution is 2.59. The van der Waals surface area contributed by atoms with E-state index < -0.39 is 12.3 Å². The Morgan fingerprint density at radius 1 is 1.32 bits per heavy atom. The van der Waals surface area contributed by atoms with Crippen molar-refractivity contribution in [3.8, 4) is 0 Å². The molecular formula is C16H20ClNO4. The van der Waals surface area contributed by atoms with Crippen molar-refractivity contribution in [1.82, 2.24) is 5.32 Å². The molecule has 0 radical (unpaired) electrons. The topological polar surface area (TPSA) is 78.8 Å². The fraction of sp³-hybridized carbons (Fsp3) is 0.562. The van der Waals surface area contributed by atoms with Gasteiger partial charge in [-0.25, -0.2) is 0 Å². The Morgan fingerprint density at radius 3 is 2.45 bits per heavy atom. The molecule has 1 aromatic rings. The molecule has 0 saturated heterocycles. The summed E-state index contributed by atoms with van der Waals surface area (Å²) in [5, 5.41) is 23.1. The highest BCUT2D eigenvalue weighted by Gasteiger charge is 2.60. The first kappa shape index (κ1) is 15.7. The molecule has 5 nitrogen and oxygen atoms in total. The zero-order valence-corrected chi connectivity index (χ0v) is 13.0. The maximum atomic E-state index is 12.3. The van der Waals surface area contributed by atoms with E-state index in [1.54, 1.807) is 24.3 Å². The van der Waals surface area contributed by atoms with Crippen molar-refractivity contribution in [2.24, 2.45) is 17.8 Å². The van der Waals surface area contributed by atoms with E-state index in [-0.39, 0.29) is 17.9 Å². The monoisotopic (exact) mass is 325 g/mol. The van der Waals surface area contributed by atoms with Crippen LogP contribution in [-0.4, -0.2) is 41.7 Å². The average molecular weight is 326 g/mol. The molecule has 3 rings (SSSR count). The number of carbonyl (C=O) groups is 1. The van der Waals surface area contributed by atoms with E-state index >= 15 is 0 Å². The number of rotatable bonds is 5. The Labute approximate surface area is 134 Å². The van der Waals surface area contributed by atoms with Gasteiger partial charge in [0.05, 0.1) is 12.1 Å². The zero-order chi connectivity index (χ0) is 15.9. The van der Waals surface area contributed by atoms with Gasteiger partial charge in [-0.15, -0.1) is 0 Å². The van der Waals surface area contributed by atoms with Gasteiger partial charge in [-0.2, -0.15) is 0 Å². The minimum absolute atomic E-state index is 0.162. The van der Waals surface area contributed by atoms with Crippen LogP contribution in [0.3, 0.4) is 0 Å². The third-order valence-corrected chi connectivity index (χ3v) is 5.11. The second kappa shape index (κ2) is 6.16. The number of hydrogen-bond donors (Lipinski definition) is 3. The van der Waals surface area contributed by atoms with E-state index in [0.717, 1.165) is 12.8 Å². The molecule has 3 N–H and O–H groups in total. The highest BCUT2D eigenvalue weighted by molar-refractivity contribution is 6.30. The third-order valence-electron chi connectivity index (χ3n) is 4.85. The van der Waals surface area contributed by atoms with Gasteiger partial charge in [0.2, 0.25) is 0 Å². The largest absolute Gasteiger partial charge is 0.393 e. The van der Waals surface area contributed by atoms with Gasteiger partial charge in [0.15, 0.2) is 6.29 Å². The lowest BCUT2D eigenvalue weighted by atomic mass is 10.0. The molecule has 2 aliphatic carbocycles.